The SMILES string of the molecule is CSCCC(NC(=O)C1CCCN1C(=O)C(N)CCCN=C(N)N)C(=O)NC(CCCN=C(N)N)C(=O)O. The molecule has 4 atom stereocenters. The Labute approximate surface area is 226 Å². The van der Waals surface area contributed by atoms with Crippen LogP contribution in [-0.2, 0) is 19.2 Å². The number of nitrogens with one attached hydrogen (secondary N) is 2. The molecular weight excluding hydrogens is 516 g/mol. The number of nitrogens with two attached hydrogens (primary N) is 5. The molecule has 1 saturated heterocycles. The summed E-state index contributed by atoms with van der Waals surface area (Å²) in [5.74, 6) is -2.26. The summed E-state index contributed by atoms with van der Waals surface area (Å²) in [6, 6.07) is -3.73. The summed E-state index contributed by atoms with van der Waals surface area (Å²) in [5, 5.41) is 14.7. The van der Waals surface area contributed by atoms with Gasteiger partial charge in [-0.25, -0.2) is 4.79 Å². The molecule has 1 heterocycles. The van der Waals surface area contributed by atoms with E-state index in [1.165, 1.54) is 16.7 Å². The molecule has 1 aliphatic rings. The summed E-state index contributed by atoms with van der Waals surface area (Å²) in [6.07, 6.45) is 4.47. The van der Waals surface area contributed by atoms with Gasteiger partial charge in [0, 0.05) is 19.6 Å². The zero-order valence-corrected chi connectivity index (χ0v) is 22.6. The maximum atomic E-state index is 13.2. The smallest absolute Gasteiger partial charge is 0.326 e. The molecule has 0 bridgehead atoms. The number of aliphatic imine (C=N–C) groups is 2. The lowest BCUT2D eigenvalue weighted by Crippen LogP contribution is -2.56. The Kier molecular flexibility index (Phi) is 14.9. The van der Waals surface area contributed by atoms with Gasteiger partial charge < -0.3 is 49.3 Å². The number of thioether (sulfide) groups is 1. The van der Waals surface area contributed by atoms with E-state index in [0.717, 1.165) is 0 Å². The van der Waals surface area contributed by atoms with Crippen LogP contribution in [0.3, 0.4) is 0 Å². The van der Waals surface area contributed by atoms with E-state index in [9.17, 15) is 24.3 Å². The molecule has 216 valence electrons. The first-order valence-electron chi connectivity index (χ1n) is 12.5. The summed E-state index contributed by atoms with van der Waals surface area (Å²) in [5.41, 5.74) is 27.2. The summed E-state index contributed by atoms with van der Waals surface area (Å²) >= 11 is 1.48. The van der Waals surface area contributed by atoms with Crippen LogP contribution in [0.5, 0.6) is 0 Å². The maximum absolute atomic E-state index is 13.2. The fourth-order valence-corrected chi connectivity index (χ4v) is 4.44. The summed E-state index contributed by atoms with van der Waals surface area (Å²) in [4.78, 5) is 59.8. The van der Waals surface area contributed by atoms with Crippen molar-refractivity contribution in [1.29, 1.82) is 0 Å². The van der Waals surface area contributed by atoms with Crippen LogP contribution in [0.15, 0.2) is 9.98 Å². The van der Waals surface area contributed by atoms with Crippen LogP contribution in [0.25, 0.3) is 0 Å². The monoisotopic (exact) mass is 558 g/mol. The molecule has 0 saturated carbocycles. The van der Waals surface area contributed by atoms with E-state index in [1.54, 1.807) is 0 Å². The first kappa shape index (κ1) is 32.8. The normalized spacial score (nSPS) is 17.1. The zero-order chi connectivity index (χ0) is 28.7. The van der Waals surface area contributed by atoms with Crippen LogP contribution in [0, 0.1) is 0 Å². The van der Waals surface area contributed by atoms with Crippen LogP contribution >= 0.6 is 11.8 Å². The Morgan fingerprint density at radius 2 is 1.58 bits per heavy atom. The highest BCUT2D eigenvalue weighted by atomic mass is 32.2. The average Bonchev–Trinajstić information content (AvgIpc) is 3.35. The Bertz CT molecular complexity index is 863. The number of carbonyl (C=O) groups excluding carboxylic acids is 3. The van der Waals surface area contributed by atoms with Crippen LogP contribution in [0.4, 0.5) is 0 Å². The second kappa shape index (κ2) is 17.3. The Morgan fingerprint density at radius 3 is 2.13 bits per heavy atom. The highest BCUT2D eigenvalue weighted by Crippen LogP contribution is 2.20. The molecule has 38 heavy (non-hydrogen) atoms. The van der Waals surface area contributed by atoms with Gasteiger partial charge in [0.15, 0.2) is 11.9 Å². The number of likely N-dealkylation sites (tertiary alicyclic amines) is 1. The topological polar surface area (TPSA) is 271 Å². The first-order chi connectivity index (χ1) is 18.0. The third kappa shape index (κ3) is 11.9. The first-order valence-corrected chi connectivity index (χ1v) is 13.9. The van der Waals surface area contributed by atoms with Crippen molar-refractivity contribution in [2.45, 2.75) is 69.1 Å². The quantitative estimate of drug-likeness (QED) is 0.0513. The lowest BCUT2D eigenvalue weighted by molar-refractivity contribution is -0.143. The van der Waals surface area contributed by atoms with Gasteiger partial charge in [-0.15, -0.1) is 0 Å². The molecule has 1 fully saturated rings. The van der Waals surface area contributed by atoms with E-state index >= 15 is 0 Å². The fraction of sp³-hybridized carbons (Fsp3) is 0.727. The predicted octanol–water partition coefficient (Wildman–Crippen LogP) is -2.78. The molecule has 0 aromatic heterocycles. The molecule has 15 nitrogen and oxygen atoms in total. The molecule has 13 N–H and O–H groups in total. The molecule has 1 aliphatic heterocycles. The van der Waals surface area contributed by atoms with Crippen molar-refractivity contribution in [3.05, 3.63) is 0 Å². The van der Waals surface area contributed by atoms with Gasteiger partial charge in [-0.2, -0.15) is 11.8 Å². The van der Waals surface area contributed by atoms with Crippen LogP contribution in [-0.4, -0.2) is 101 Å². The molecule has 0 spiro atoms. The number of hydrogen-bond donors (Lipinski definition) is 8. The molecule has 0 aromatic rings. The number of carboxylic acids is 1. The van der Waals surface area contributed by atoms with E-state index in [1.807, 2.05) is 6.26 Å². The Hall–Kier alpha value is -3.27. The third-order valence-electron chi connectivity index (χ3n) is 5.93. The summed E-state index contributed by atoms with van der Waals surface area (Å²) < 4.78 is 0. The van der Waals surface area contributed by atoms with Crippen molar-refractivity contribution in [2.75, 3.05) is 31.6 Å². The van der Waals surface area contributed by atoms with Gasteiger partial charge in [0.25, 0.3) is 0 Å². The minimum Gasteiger partial charge on any atom is -0.480 e. The van der Waals surface area contributed by atoms with Gasteiger partial charge in [0.05, 0.1) is 6.04 Å². The largest absolute Gasteiger partial charge is 0.480 e. The van der Waals surface area contributed by atoms with Crippen molar-refractivity contribution in [2.24, 2.45) is 38.7 Å². The van der Waals surface area contributed by atoms with Crippen molar-refractivity contribution < 1.29 is 24.3 Å². The van der Waals surface area contributed by atoms with Crippen molar-refractivity contribution >= 4 is 47.4 Å². The van der Waals surface area contributed by atoms with E-state index < -0.39 is 42.0 Å². The standard InChI is InChI=1S/C22H42N10O5S/c1-38-12-8-14(17(33)31-15(20(36)37)6-3-10-29-22(26)27)30-18(34)16-7-4-11-32(16)19(35)13(23)5-2-9-28-21(24)25/h13-16H,2-12,23H2,1H3,(H,30,34)(H,31,33)(H,36,37)(H4,24,25,28)(H4,26,27,29). The Morgan fingerprint density at radius 1 is 0.974 bits per heavy atom. The second-order valence-electron chi connectivity index (χ2n) is 8.94. The van der Waals surface area contributed by atoms with Gasteiger partial charge >= 0.3 is 5.97 Å². The van der Waals surface area contributed by atoms with Gasteiger partial charge in [0.1, 0.15) is 18.1 Å². The Balaban J connectivity index is 2.81. The second-order valence-corrected chi connectivity index (χ2v) is 9.92. The molecule has 0 aliphatic carbocycles. The van der Waals surface area contributed by atoms with Gasteiger partial charge in [0.2, 0.25) is 17.7 Å². The number of hydrogen-bond acceptors (Lipinski definition) is 8. The van der Waals surface area contributed by atoms with E-state index in [2.05, 4.69) is 20.6 Å². The molecule has 16 heteroatoms. The molecule has 0 aromatic carbocycles. The van der Waals surface area contributed by atoms with Crippen molar-refractivity contribution in [3.8, 4) is 0 Å². The minimum atomic E-state index is -1.21. The van der Waals surface area contributed by atoms with Crippen LogP contribution in [0.1, 0.15) is 44.9 Å². The number of rotatable bonds is 17. The van der Waals surface area contributed by atoms with E-state index in [-0.39, 0.29) is 37.2 Å². The van der Waals surface area contributed by atoms with Gasteiger partial charge in [-0.1, -0.05) is 0 Å². The number of carbonyl (C=O) groups is 4. The molecular formula is C22H42N10O5S. The predicted molar refractivity (Wildman–Crippen MR) is 147 cm³/mol. The number of guanidine groups is 2. The summed E-state index contributed by atoms with van der Waals surface area (Å²) in [6.45, 7) is 0.929. The van der Waals surface area contributed by atoms with Crippen molar-refractivity contribution in [1.82, 2.24) is 15.5 Å². The third-order valence-corrected chi connectivity index (χ3v) is 6.57. The highest BCUT2D eigenvalue weighted by molar-refractivity contribution is 7.98. The molecule has 0 radical (unpaired) electrons. The van der Waals surface area contributed by atoms with Crippen LogP contribution in [0.2, 0.25) is 0 Å². The van der Waals surface area contributed by atoms with Gasteiger partial charge in [-0.3, -0.25) is 24.4 Å². The summed E-state index contributed by atoms with van der Waals surface area (Å²) in [7, 11) is 0. The molecule has 3 amide bonds. The maximum Gasteiger partial charge on any atom is 0.326 e. The van der Waals surface area contributed by atoms with Crippen molar-refractivity contribution in [3.63, 3.8) is 0 Å². The fourth-order valence-electron chi connectivity index (χ4n) is 3.96. The number of nitrogens with zero attached hydrogens (tertiary/aromatic N) is 3. The molecule has 4 unspecified atom stereocenters. The van der Waals surface area contributed by atoms with Gasteiger partial charge in [-0.05, 0) is 57.0 Å². The molecule has 1 rings (SSSR count). The number of aliphatic carboxylic acids is 1. The zero-order valence-electron chi connectivity index (χ0n) is 21.8. The van der Waals surface area contributed by atoms with E-state index in [0.29, 0.717) is 50.9 Å². The number of carboxylic acid groups (broad SMARTS) is 1. The lowest BCUT2D eigenvalue weighted by atomic mass is 10.1. The van der Waals surface area contributed by atoms with Crippen LogP contribution < -0.4 is 39.3 Å². The number of amides is 3. The average molecular weight is 559 g/mol. The highest BCUT2D eigenvalue weighted by Gasteiger charge is 2.37. The lowest BCUT2D eigenvalue weighted by Gasteiger charge is -2.28. The minimum absolute atomic E-state index is 0.0399. The van der Waals surface area contributed by atoms with E-state index in [4.69, 9.17) is 28.7 Å².